The van der Waals surface area contributed by atoms with Crippen molar-refractivity contribution in [1.29, 1.82) is 0 Å². The molecule has 0 spiro atoms. The number of nitrogens with zero attached hydrogens (tertiary/aromatic N) is 1. The van der Waals surface area contributed by atoms with Gasteiger partial charge in [-0.25, -0.2) is 0 Å². The molecule has 2 aliphatic heterocycles. The van der Waals surface area contributed by atoms with Crippen molar-refractivity contribution in [2.24, 2.45) is 0 Å². The maximum Gasteiger partial charge on any atom is 0.254 e. The Morgan fingerprint density at radius 2 is 2.08 bits per heavy atom. The minimum Gasteiger partial charge on any atom is -0.491 e. The van der Waals surface area contributed by atoms with Crippen LogP contribution >= 0.6 is 11.3 Å². The summed E-state index contributed by atoms with van der Waals surface area (Å²) in [6.45, 7) is 2.25. The van der Waals surface area contributed by atoms with Crippen molar-refractivity contribution in [3.63, 3.8) is 0 Å². The van der Waals surface area contributed by atoms with Crippen LogP contribution in [0.4, 0.5) is 0 Å². The fourth-order valence-corrected chi connectivity index (χ4v) is 4.35. The molecule has 0 saturated carbocycles. The second kappa shape index (κ2) is 7.58. The van der Waals surface area contributed by atoms with E-state index in [1.54, 1.807) is 11.3 Å². The molecule has 25 heavy (non-hydrogen) atoms. The van der Waals surface area contributed by atoms with Gasteiger partial charge in [0, 0.05) is 18.7 Å². The monoisotopic (exact) mass is 357 g/mol. The number of benzene rings is 1. The number of likely N-dealkylation sites (tertiary alicyclic amines) is 1. The van der Waals surface area contributed by atoms with E-state index in [0.29, 0.717) is 6.61 Å². The molecular weight excluding hydrogens is 334 g/mol. The van der Waals surface area contributed by atoms with Crippen molar-refractivity contribution in [2.45, 2.75) is 37.8 Å². The van der Waals surface area contributed by atoms with Gasteiger partial charge in [-0.15, -0.1) is 0 Å². The van der Waals surface area contributed by atoms with E-state index in [4.69, 9.17) is 9.47 Å². The summed E-state index contributed by atoms with van der Waals surface area (Å²) in [7, 11) is 0. The van der Waals surface area contributed by atoms with Gasteiger partial charge in [-0.1, -0.05) is 0 Å². The molecule has 0 aliphatic carbocycles. The normalized spacial score (nSPS) is 23.1. The lowest BCUT2D eigenvalue weighted by atomic mass is 10.1. The van der Waals surface area contributed by atoms with E-state index in [-0.39, 0.29) is 18.1 Å². The third kappa shape index (κ3) is 3.72. The van der Waals surface area contributed by atoms with E-state index in [9.17, 15) is 4.79 Å². The molecule has 1 aromatic carbocycles. The molecule has 4 rings (SSSR count). The molecule has 2 atom stereocenters. The molecule has 4 nitrogen and oxygen atoms in total. The van der Waals surface area contributed by atoms with Gasteiger partial charge in [-0.05, 0) is 72.3 Å². The molecule has 5 heteroatoms. The number of thiophene rings is 1. The van der Waals surface area contributed by atoms with Gasteiger partial charge in [0.2, 0.25) is 0 Å². The van der Waals surface area contributed by atoms with Crippen LogP contribution in [0, 0.1) is 0 Å². The number of amides is 1. The highest BCUT2D eigenvalue weighted by Gasteiger charge is 2.30. The van der Waals surface area contributed by atoms with Crippen molar-refractivity contribution in [3.05, 3.63) is 52.2 Å². The van der Waals surface area contributed by atoms with Gasteiger partial charge in [-0.2, -0.15) is 11.3 Å². The molecule has 2 aliphatic rings. The van der Waals surface area contributed by atoms with Crippen molar-refractivity contribution in [3.8, 4) is 5.75 Å². The van der Waals surface area contributed by atoms with Crippen LogP contribution in [-0.4, -0.2) is 36.7 Å². The highest BCUT2D eigenvalue weighted by molar-refractivity contribution is 7.08. The first kappa shape index (κ1) is 16.6. The van der Waals surface area contributed by atoms with Crippen LogP contribution in [0.25, 0.3) is 0 Å². The van der Waals surface area contributed by atoms with E-state index in [1.807, 2.05) is 29.2 Å². The van der Waals surface area contributed by atoms with E-state index >= 15 is 0 Å². The maximum atomic E-state index is 12.9. The minimum atomic E-state index is 0.111. The van der Waals surface area contributed by atoms with Crippen LogP contribution in [0.3, 0.4) is 0 Å². The SMILES string of the molecule is O=C(c1ccc(OC[C@H]2CCCO2)cc1)N1CCC[C@@H]1c1ccsc1. The second-order valence-electron chi connectivity index (χ2n) is 6.68. The zero-order valence-electron chi connectivity index (χ0n) is 14.2. The van der Waals surface area contributed by atoms with Crippen molar-refractivity contribution in [2.75, 3.05) is 19.8 Å². The van der Waals surface area contributed by atoms with Gasteiger partial charge in [-0.3, -0.25) is 4.79 Å². The van der Waals surface area contributed by atoms with Gasteiger partial charge >= 0.3 is 0 Å². The van der Waals surface area contributed by atoms with Gasteiger partial charge in [0.25, 0.3) is 5.91 Å². The predicted molar refractivity (Wildman–Crippen MR) is 98.2 cm³/mol. The Labute approximate surface area is 152 Å². The fraction of sp³-hybridized carbons (Fsp3) is 0.450. The van der Waals surface area contributed by atoms with Gasteiger partial charge in [0.05, 0.1) is 12.1 Å². The Balaban J connectivity index is 1.39. The Morgan fingerprint density at radius 3 is 2.80 bits per heavy atom. The third-order valence-corrected chi connectivity index (χ3v) is 5.70. The first-order valence-corrected chi connectivity index (χ1v) is 9.93. The molecular formula is C20H23NO3S. The average Bonchev–Trinajstić information content (AvgIpc) is 3.41. The minimum absolute atomic E-state index is 0.111. The van der Waals surface area contributed by atoms with Crippen LogP contribution in [0.15, 0.2) is 41.1 Å². The summed E-state index contributed by atoms with van der Waals surface area (Å²) in [4.78, 5) is 14.9. The highest BCUT2D eigenvalue weighted by atomic mass is 32.1. The number of hydrogen-bond acceptors (Lipinski definition) is 4. The van der Waals surface area contributed by atoms with Gasteiger partial charge in [0.15, 0.2) is 0 Å². The van der Waals surface area contributed by atoms with Crippen LogP contribution in [-0.2, 0) is 4.74 Å². The second-order valence-corrected chi connectivity index (χ2v) is 7.46. The van der Waals surface area contributed by atoms with E-state index in [0.717, 1.165) is 50.1 Å². The zero-order chi connectivity index (χ0) is 17.1. The molecule has 0 bridgehead atoms. The van der Waals surface area contributed by atoms with Gasteiger partial charge < -0.3 is 14.4 Å². The molecule has 0 N–H and O–H groups in total. The number of hydrogen-bond donors (Lipinski definition) is 0. The van der Waals surface area contributed by atoms with Crippen molar-refractivity contribution >= 4 is 17.2 Å². The van der Waals surface area contributed by atoms with Crippen LogP contribution in [0.5, 0.6) is 5.75 Å². The third-order valence-electron chi connectivity index (χ3n) is 5.00. The Kier molecular flexibility index (Phi) is 5.04. The fourth-order valence-electron chi connectivity index (χ4n) is 3.65. The first-order chi connectivity index (χ1) is 12.3. The summed E-state index contributed by atoms with van der Waals surface area (Å²) in [5.41, 5.74) is 1.99. The predicted octanol–water partition coefficient (Wildman–Crippen LogP) is 4.28. The molecule has 0 unspecified atom stereocenters. The molecule has 1 aromatic heterocycles. The summed E-state index contributed by atoms with van der Waals surface area (Å²) in [6, 6.07) is 9.86. The maximum absolute atomic E-state index is 12.9. The molecule has 0 radical (unpaired) electrons. The lowest BCUT2D eigenvalue weighted by Gasteiger charge is -2.24. The largest absolute Gasteiger partial charge is 0.491 e. The molecule has 1 amide bonds. The summed E-state index contributed by atoms with van der Waals surface area (Å²) in [5.74, 6) is 0.905. The van der Waals surface area contributed by atoms with E-state index in [2.05, 4.69) is 16.8 Å². The summed E-state index contributed by atoms with van der Waals surface area (Å²) in [6.07, 6.45) is 4.50. The standard InChI is InChI=1S/C20H23NO3S/c22-20(21-10-1-4-19(21)16-9-12-25-14-16)15-5-7-17(8-6-15)24-13-18-3-2-11-23-18/h5-9,12,14,18-19H,1-4,10-11,13H2/t18-,19-/m1/s1. The van der Waals surface area contributed by atoms with Crippen LogP contribution in [0.1, 0.15) is 47.6 Å². The number of rotatable bonds is 5. The molecule has 3 heterocycles. The summed E-state index contributed by atoms with van der Waals surface area (Å²) in [5, 5.41) is 4.23. The topological polar surface area (TPSA) is 38.8 Å². The smallest absolute Gasteiger partial charge is 0.254 e. The Hall–Kier alpha value is -1.85. The lowest BCUT2D eigenvalue weighted by Crippen LogP contribution is -2.30. The van der Waals surface area contributed by atoms with Crippen molar-refractivity contribution in [1.82, 2.24) is 4.90 Å². The van der Waals surface area contributed by atoms with Crippen molar-refractivity contribution < 1.29 is 14.3 Å². The summed E-state index contributed by atoms with van der Waals surface area (Å²) >= 11 is 1.69. The first-order valence-electron chi connectivity index (χ1n) is 8.99. The Bertz CT molecular complexity index is 692. The summed E-state index contributed by atoms with van der Waals surface area (Å²) < 4.78 is 11.3. The Morgan fingerprint density at radius 1 is 1.20 bits per heavy atom. The lowest BCUT2D eigenvalue weighted by molar-refractivity contribution is 0.0678. The molecule has 132 valence electrons. The highest BCUT2D eigenvalue weighted by Crippen LogP contribution is 2.34. The average molecular weight is 357 g/mol. The molecule has 2 saturated heterocycles. The number of carbonyl (C=O) groups excluding carboxylic acids is 1. The van der Waals surface area contributed by atoms with Gasteiger partial charge in [0.1, 0.15) is 12.4 Å². The molecule has 2 fully saturated rings. The van der Waals surface area contributed by atoms with E-state index < -0.39 is 0 Å². The van der Waals surface area contributed by atoms with Crippen LogP contribution < -0.4 is 4.74 Å². The molecule has 2 aromatic rings. The van der Waals surface area contributed by atoms with E-state index in [1.165, 1.54) is 5.56 Å². The quantitative estimate of drug-likeness (QED) is 0.801. The zero-order valence-corrected chi connectivity index (χ0v) is 15.0. The number of ether oxygens (including phenoxy) is 2. The van der Waals surface area contributed by atoms with Crippen LogP contribution in [0.2, 0.25) is 0 Å². The number of carbonyl (C=O) groups is 1.